The van der Waals surface area contributed by atoms with Gasteiger partial charge in [-0.3, -0.25) is 0 Å². The summed E-state index contributed by atoms with van der Waals surface area (Å²) in [4.78, 5) is 2.71. The summed E-state index contributed by atoms with van der Waals surface area (Å²) < 4.78 is 0. The Kier molecular flexibility index (Phi) is 4.66. The molecule has 1 nitrogen and oxygen atoms in total. The summed E-state index contributed by atoms with van der Waals surface area (Å²) in [6, 6.07) is 13.0. The number of benzene rings is 1. The predicted molar refractivity (Wildman–Crippen MR) is 77.8 cm³/mol. The SMILES string of the molecule is CSc1ccc(C(N)CCc2cccs2)cc1. The van der Waals surface area contributed by atoms with E-state index >= 15 is 0 Å². The Balaban J connectivity index is 1.92. The van der Waals surface area contributed by atoms with Crippen molar-refractivity contribution in [1.82, 2.24) is 0 Å². The van der Waals surface area contributed by atoms with E-state index in [2.05, 4.69) is 48.0 Å². The summed E-state index contributed by atoms with van der Waals surface area (Å²) in [6.45, 7) is 0. The van der Waals surface area contributed by atoms with Crippen LogP contribution in [0.4, 0.5) is 0 Å². The van der Waals surface area contributed by atoms with Crippen molar-refractivity contribution in [3.8, 4) is 0 Å². The summed E-state index contributed by atoms with van der Waals surface area (Å²) in [5.41, 5.74) is 7.44. The van der Waals surface area contributed by atoms with Gasteiger partial charge in [0, 0.05) is 15.8 Å². The first kappa shape index (κ1) is 12.7. The molecule has 0 saturated heterocycles. The average Bonchev–Trinajstić information content (AvgIpc) is 2.89. The molecule has 0 saturated carbocycles. The molecule has 90 valence electrons. The largest absolute Gasteiger partial charge is 0.324 e. The quantitative estimate of drug-likeness (QED) is 0.822. The van der Waals surface area contributed by atoms with E-state index in [0.717, 1.165) is 12.8 Å². The zero-order chi connectivity index (χ0) is 12.1. The second-order valence-electron chi connectivity index (χ2n) is 4.00. The van der Waals surface area contributed by atoms with Crippen LogP contribution in [-0.4, -0.2) is 6.26 Å². The molecule has 0 fully saturated rings. The Morgan fingerprint density at radius 2 is 2.00 bits per heavy atom. The standard InChI is InChI=1S/C14H17NS2/c1-16-12-6-4-11(5-7-12)14(15)9-8-13-3-2-10-17-13/h2-7,10,14H,8-9,15H2,1H3. The maximum absolute atomic E-state index is 6.20. The fourth-order valence-corrected chi connectivity index (χ4v) is 2.90. The van der Waals surface area contributed by atoms with Gasteiger partial charge in [-0.25, -0.2) is 0 Å². The Morgan fingerprint density at radius 3 is 2.59 bits per heavy atom. The second kappa shape index (κ2) is 6.24. The normalized spacial score (nSPS) is 12.6. The van der Waals surface area contributed by atoms with Gasteiger partial charge in [-0.15, -0.1) is 23.1 Å². The van der Waals surface area contributed by atoms with Crippen LogP contribution in [0.3, 0.4) is 0 Å². The molecule has 1 unspecified atom stereocenters. The van der Waals surface area contributed by atoms with E-state index in [1.165, 1.54) is 15.3 Å². The van der Waals surface area contributed by atoms with Crippen LogP contribution in [0.2, 0.25) is 0 Å². The van der Waals surface area contributed by atoms with Crippen LogP contribution in [0.1, 0.15) is 22.9 Å². The Hall–Kier alpha value is -0.770. The first-order valence-electron chi connectivity index (χ1n) is 5.71. The van der Waals surface area contributed by atoms with Crippen molar-refractivity contribution in [2.45, 2.75) is 23.8 Å². The molecule has 0 radical (unpaired) electrons. The van der Waals surface area contributed by atoms with Crippen LogP contribution in [0, 0.1) is 0 Å². The average molecular weight is 263 g/mol. The van der Waals surface area contributed by atoms with Crippen molar-refractivity contribution in [1.29, 1.82) is 0 Å². The summed E-state index contributed by atoms with van der Waals surface area (Å²) in [5, 5.41) is 2.12. The Labute approximate surface area is 111 Å². The minimum Gasteiger partial charge on any atom is -0.324 e. The third-order valence-corrected chi connectivity index (χ3v) is 4.51. The van der Waals surface area contributed by atoms with Crippen LogP contribution in [0.5, 0.6) is 0 Å². The smallest absolute Gasteiger partial charge is 0.0298 e. The molecule has 1 aromatic carbocycles. The summed E-state index contributed by atoms with van der Waals surface area (Å²) in [7, 11) is 0. The van der Waals surface area contributed by atoms with Crippen molar-refractivity contribution in [3.05, 3.63) is 52.2 Å². The van der Waals surface area contributed by atoms with E-state index in [-0.39, 0.29) is 6.04 Å². The van der Waals surface area contributed by atoms with Gasteiger partial charge in [0.1, 0.15) is 0 Å². The fourth-order valence-electron chi connectivity index (χ4n) is 1.77. The van der Waals surface area contributed by atoms with Gasteiger partial charge in [-0.2, -0.15) is 0 Å². The van der Waals surface area contributed by atoms with Gasteiger partial charge >= 0.3 is 0 Å². The van der Waals surface area contributed by atoms with Gasteiger partial charge in [-0.1, -0.05) is 18.2 Å². The lowest BCUT2D eigenvalue weighted by Crippen LogP contribution is -2.10. The summed E-state index contributed by atoms with van der Waals surface area (Å²) in [5.74, 6) is 0. The number of thioether (sulfide) groups is 1. The molecule has 0 spiro atoms. The number of rotatable bonds is 5. The zero-order valence-electron chi connectivity index (χ0n) is 9.93. The maximum Gasteiger partial charge on any atom is 0.0298 e. The van der Waals surface area contributed by atoms with Gasteiger partial charge in [0.05, 0.1) is 0 Å². The molecule has 2 N–H and O–H groups in total. The lowest BCUT2D eigenvalue weighted by atomic mass is 10.0. The minimum atomic E-state index is 0.146. The molecule has 1 atom stereocenters. The van der Waals surface area contributed by atoms with Crippen molar-refractivity contribution in [3.63, 3.8) is 0 Å². The predicted octanol–water partition coefficient (Wildman–Crippen LogP) is 4.10. The van der Waals surface area contributed by atoms with Crippen molar-refractivity contribution >= 4 is 23.1 Å². The first-order chi connectivity index (χ1) is 8.29. The third-order valence-electron chi connectivity index (χ3n) is 2.83. The molecule has 1 aromatic heterocycles. The Bertz CT molecular complexity index is 434. The number of hydrogen-bond acceptors (Lipinski definition) is 3. The van der Waals surface area contributed by atoms with Gasteiger partial charge in [0.2, 0.25) is 0 Å². The van der Waals surface area contributed by atoms with E-state index in [1.807, 2.05) is 11.3 Å². The van der Waals surface area contributed by atoms with E-state index in [1.54, 1.807) is 11.8 Å². The van der Waals surface area contributed by atoms with E-state index in [9.17, 15) is 0 Å². The topological polar surface area (TPSA) is 26.0 Å². The molecular formula is C14H17NS2. The van der Waals surface area contributed by atoms with Gasteiger partial charge in [0.25, 0.3) is 0 Å². The van der Waals surface area contributed by atoms with Gasteiger partial charge in [-0.05, 0) is 48.2 Å². The molecule has 0 bridgehead atoms. The molecule has 3 heteroatoms. The molecule has 0 aliphatic rings. The molecule has 0 amide bonds. The van der Waals surface area contributed by atoms with Crippen molar-refractivity contribution in [2.75, 3.05) is 6.26 Å². The second-order valence-corrected chi connectivity index (χ2v) is 5.91. The van der Waals surface area contributed by atoms with Crippen LogP contribution in [0.25, 0.3) is 0 Å². The molecular weight excluding hydrogens is 246 g/mol. The van der Waals surface area contributed by atoms with Crippen molar-refractivity contribution in [2.24, 2.45) is 5.73 Å². The van der Waals surface area contributed by atoms with Gasteiger partial charge in [0.15, 0.2) is 0 Å². The highest BCUT2D eigenvalue weighted by molar-refractivity contribution is 7.98. The highest BCUT2D eigenvalue weighted by atomic mass is 32.2. The van der Waals surface area contributed by atoms with E-state index in [4.69, 9.17) is 5.73 Å². The molecule has 2 rings (SSSR count). The van der Waals surface area contributed by atoms with Crippen molar-refractivity contribution < 1.29 is 0 Å². The van der Waals surface area contributed by atoms with Crippen LogP contribution >= 0.6 is 23.1 Å². The highest BCUT2D eigenvalue weighted by Gasteiger charge is 2.06. The number of hydrogen-bond donors (Lipinski definition) is 1. The lowest BCUT2D eigenvalue weighted by Gasteiger charge is -2.11. The number of aryl methyl sites for hydroxylation is 1. The summed E-state index contributed by atoms with van der Waals surface area (Å²) in [6.07, 6.45) is 4.17. The molecule has 0 aliphatic carbocycles. The first-order valence-corrected chi connectivity index (χ1v) is 7.82. The highest BCUT2D eigenvalue weighted by Crippen LogP contribution is 2.21. The van der Waals surface area contributed by atoms with Gasteiger partial charge < -0.3 is 5.73 Å². The fraction of sp³-hybridized carbons (Fsp3) is 0.286. The Morgan fingerprint density at radius 1 is 1.24 bits per heavy atom. The third kappa shape index (κ3) is 3.60. The van der Waals surface area contributed by atoms with Crippen LogP contribution in [-0.2, 0) is 6.42 Å². The van der Waals surface area contributed by atoms with E-state index in [0.29, 0.717) is 0 Å². The maximum atomic E-state index is 6.20. The molecule has 2 aromatic rings. The number of thiophene rings is 1. The van der Waals surface area contributed by atoms with Crippen LogP contribution < -0.4 is 5.73 Å². The molecule has 0 aliphatic heterocycles. The number of nitrogens with two attached hydrogens (primary N) is 1. The summed E-state index contributed by atoms with van der Waals surface area (Å²) >= 11 is 3.57. The monoisotopic (exact) mass is 263 g/mol. The molecule has 1 heterocycles. The lowest BCUT2D eigenvalue weighted by molar-refractivity contribution is 0.655. The van der Waals surface area contributed by atoms with E-state index < -0.39 is 0 Å². The van der Waals surface area contributed by atoms with Crippen LogP contribution in [0.15, 0.2) is 46.7 Å². The zero-order valence-corrected chi connectivity index (χ0v) is 11.6. The minimum absolute atomic E-state index is 0.146. The molecule has 17 heavy (non-hydrogen) atoms.